The monoisotopic (exact) mass is 540 g/mol. The minimum Gasteiger partial charge on any atom is -0.489 e. The van der Waals surface area contributed by atoms with Crippen LogP contribution < -0.4 is 15.0 Å². The van der Waals surface area contributed by atoms with Crippen LogP contribution in [-0.2, 0) is 29.0 Å². The van der Waals surface area contributed by atoms with E-state index in [1.807, 2.05) is 66.7 Å². The number of aryl methyl sites for hydroxylation is 1. The van der Waals surface area contributed by atoms with Gasteiger partial charge >= 0.3 is 0 Å². The second kappa shape index (κ2) is 13.0. The van der Waals surface area contributed by atoms with E-state index >= 15 is 0 Å². The van der Waals surface area contributed by atoms with Crippen LogP contribution >= 0.6 is 0 Å². The van der Waals surface area contributed by atoms with E-state index in [-0.39, 0.29) is 18.3 Å². The van der Waals surface area contributed by atoms with E-state index in [4.69, 9.17) is 9.47 Å². The van der Waals surface area contributed by atoms with E-state index < -0.39 is 11.9 Å². The second-order valence-corrected chi connectivity index (χ2v) is 9.64. The summed E-state index contributed by atoms with van der Waals surface area (Å²) in [5.74, 6) is 0.333. The molecule has 0 fully saturated rings. The molecule has 40 heavy (non-hydrogen) atoms. The molecule has 0 bridgehead atoms. The van der Waals surface area contributed by atoms with Crippen LogP contribution in [0.2, 0.25) is 0 Å². The maximum Gasteiger partial charge on any atom is 0.291 e. The van der Waals surface area contributed by atoms with Crippen LogP contribution in [-0.4, -0.2) is 58.3 Å². The number of carbonyl (C=O) groups is 2. The quantitative estimate of drug-likeness (QED) is 0.279. The fraction of sp³-hybridized carbons (Fsp3) is 0.300. The van der Waals surface area contributed by atoms with Gasteiger partial charge in [0.1, 0.15) is 24.2 Å². The minimum absolute atomic E-state index is 0.0101. The van der Waals surface area contributed by atoms with Crippen molar-refractivity contribution in [3.05, 3.63) is 101 Å². The molecule has 206 valence electrons. The van der Waals surface area contributed by atoms with Crippen LogP contribution in [0.15, 0.2) is 72.9 Å². The van der Waals surface area contributed by atoms with Crippen molar-refractivity contribution >= 4 is 17.5 Å². The summed E-state index contributed by atoms with van der Waals surface area (Å²) in [7, 11) is 1.69. The summed E-state index contributed by atoms with van der Waals surface area (Å²) in [5.41, 5.74) is 3.74. The molecule has 5 rings (SSSR count). The third-order valence-corrected chi connectivity index (χ3v) is 6.65. The maximum atomic E-state index is 13.2. The summed E-state index contributed by atoms with van der Waals surface area (Å²) < 4.78 is 11.6. The van der Waals surface area contributed by atoms with Crippen LogP contribution in [0, 0.1) is 0 Å². The SMILES string of the molecule is CN1C(=O)[C@@H](NC(=O)c2n[nH]c(Cc3ccccc3)n2)COc2ccc(CCCCOCc3ccccn3)cc21. The Labute approximate surface area is 232 Å². The van der Waals surface area contributed by atoms with Crippen molar-refractivity contribution in [2.24, 2.45) is 0 Å². The van der Waals surface area contributed by atoms with E-state index in [9.17, 15) is 9.59 Å². The van der Waals surface area contributed by atoms with Crippen LogP contribution in [0.4, 0.5) is 5.69 Å². The van der Waals surface area contributed by atoms with Gasteiger partial charge in [0, 0.05) is 26.3 Å². The number of nitrogens with one attached hydrogen (secondary N) is 2. The number of ether oxygens (including phenoxy) is 2. The van der Waals surface area contributed by atoms with Gasteiger partial charge in [-0.2, -0.15) is 0 Å². The number of H-pyrrole nitrogens is 1. The van der Waals surface area contributed by atoms with Gasteiger partial charge in [-0.15, -0.1) is 5.10 Å². The number of carbonyl (C=O) groups excluding carboxylic acids is 2. The number of hydrogen-bond donors (Lipinski definition) is 2. The Kier molecular flexibility index (Phi) is 8.77. The molecule has 2 aromatic carbocycles. The molecule has 1 aliphatic heterocycles. The number of pyridine rings is 1. The molecule has 0 radical (unpaired) electrons. The summed E-state index contributed by atoms with van der Waals surface area (Å²) in [4.78, 5) is 36.2. The average molecular weight is 541 g/mol. The Morgan fingerprint density at radius 2 is 1.95 bits per heavy atom. The van der Waals surface area contributed by atoms with E-state index in [0.29, 0.717) is 36.9 Å². The molecule has 2 aromatic heterocycles. The van der Waals surface area contributed by atoms with Gasteiger partial charge in [0.25, 0.3) is 11.8 Å². The fourth-order valence-corrected chi connectivity index (χ4v) is 4.48. The Hall–Kier alpha value is -4.57. The van der Waals surface area contributed by atoms with Crippen LogP contribution in [0.3, 0.4) is 0 Å². The Morgan fingerprint density at radius 3 is 2.77 bits per heavy atom. The highest BCUT2D eigenvalue weighted by Crippen LogP contribution is 2.32. The first-order valence-electron chi connectivity index (χ1n) is 13.3. The largest absolute Gasteiger partial charge is 0.489 e. The number of fused-ring (bicyclic) bond motifs is 1. The van der Waals surface area contributed by atoms with Gasteiger partial charge in [0.15, 0.2) is 0 Å². The van der Waals surface area contributed by atoms with Gasteiger partial charge in [0.2, 0.25) is 5.82 Å². The minimum atomic E-state index is -0.874. The van der Waals surface area contributed by atoms with Crippen LogP contribution in [0.5, 0.6) is 5.75 Å². The summed E-state index contributed by atoms with van der Waals surface area (Å²) in [6.45, 7) is 1.17. The number of aromatic amines is 1. The zero-order chi connectivity index (χ0) is 27.7. The lowest BCUT2D eigenvalue weighted by molar-refractivity contribution is -0.120. The van der Waals surface area contributed by atoms with Gasteiger partial charge < -0.3 is 19.7 Å². The lowest BCUT2D eigenvalue weighted by atomic mass is 10.1. The molecule has 0 aliphatic carbocycles. The Bertz CT molecular complexity index is 1430. The fourth-order valence-electron chi connectivity index (χ4n) is 4.48. The lowest BCUT2D eigenvalue weighted by Gasteiger charge is -2.20. The number of hydrogen-bond acceptors (Lipinski definition) is 7. The maximum absolute atomic E-state index is 13.2. The third-order valence-electron chi connectivity index (χ3n) is 6.65. The lowest BCUT2D eigenvalue weighted by Crippen LogP contribution is -2.49. The molecule has 2 N–H and O–H groups in total. The number of unbranched alkanes of at least 4 members (excludes halogenated alkanes) is 1. The van der Waals surface area contributed by atoms with E-state index in [1.165, 1.54) is 4.90 Å². The zero-order valence-corrected chi connectivity index (χ0v) is 22.4. The van der Waals surface area contributed by atoms with Crippen molar-refractivity contribution < 1.29 is 19.1 Å². The van der Waals surface area contributed by atoms with Crippen LogP contribution in [0.1, 0.15) is 46.1 Å². The molecule has 0 saturated carbocycles. The molecule has 2 amide bonds. The standard InChI is InChI=1S/C30H32N6O4/c1-36-25-17-22(11-6-8-16-39-19-23-12-5-7-15-31-23)13-14-26(25)40-20-24(30(36)38)32-29(37)28-33-27(34-35-28)18-21-9-3-2-4-10-21/h2-5,7,9-10,12-15,17,24H,6,8,11,16,18-20H2,1H3,(H,32,37)(H,33,34,35)/t24-/m0/s1. The first kappa shape index (κ1) is 27.0. The van der Waals surface area contributed by atoms with E-state index in [0.717, 1.165) is 36.1 Å². The normalized spacial score (nSPS) is 14.8. The Morgan fingerprint density at radius 1 is 1.10 bits per heavy atom. The number of anilines is 1. The molecule has 0 unspecified atom stereocenters. The van der Waals surface area contributed by atoms with Gasteiger partial charge in [-0.3, -0.25) is 19.7 Å². The number of aromatic nitrogens is 4. The highest BCUT2D eigenvalue weighted by Gasteiger charge is 2.31. The van der Waals surface area contributed by atoms with E-state index in [1.54, 1.807) is 13.2 Å². The number of likely N-dealkylation sites (N-methyl/N-ethyl adjacent to an activating group) is 1. The molecule has 3 heterocycles. The molecule has 1 atom stereocenters. The predicted molar refractivity (Wildman–Crippen MR) is 149 cm³/mol. The number of amides is 2. The number of benzene rings is 2. The van der Waals surface area contributed by atoms with Gasteiger partial charge in [-0.25, -0.2) is 4.98 Å². The topological polar surface area (TPSA) is 122 Å². The molecular formula is C30H32N6O4. The van der Waals surface area contributed by atoms with Crippen molar-refractivity contribution in [2.45, 2.75) is 38.3 Å². The summed E-state index contributed by atoms with van der Waals surface area (Å²) in [6, 6.07) is 20.5. The summed E-state index contributed by atoms with van der Waals surface area (Å²) >= 11 is 0. The molecule has 10 heteroatoms. The molecule has 1 aliphatic rings. The molecule has 4 aromatic rings. The van der Waals surface area contributed by atoms with E-state index in [2.05, 4.69) is 25.5 Å². The molecule has 0 spiro atoms. The van der Waals surface area contributed by atoms with Gasteiger partial charge in [-0.1, -0.05) is 42.5 Å². The highest BCUT2D eigenvalue weighted by molar-refractivity contribution is 6.02. The molecule has 10 nitrogen and oxygen atoms in total. The first-order chi connectivity index (χ1) is 19.6. The van der Waals surface area contributed by atoms with Crippen molar-refractivity contribution in [3.8, 4) is 5.75 Å². The smallest absolute Gasteiger partial charge is 0.291 e. The first-order valence-corrected chi connectivity index (χ1v) is 13.3. The van der Waals surface area contributed by atoms with Gasteiger partial charge in [0.05, 0.1) is 18.0 Å². The zero-order valence-electron chi connectivity index (χ0n) is 22.4. The number of rotatable bonds is 11. The predicted octanol–water partition coefficient (Wildman–Crippen LogP) is 3.48. The van der Waals surface area contributed by atoms with Crippen LogP contribution in [0.25, 0.3) is 0 Å². The summed E-state index contributed by atoms with van der Waals surface area (Å²) in [6.07, 6.45) is 4.99. The molecule has 0 saturated heterocycles. The average Bonchev–Trinajstić information content (AvgIpc) is 3.42. The van der Waals surface area contributed by atoms with Gasteiger partial charge in [-0.05, 0) is 54.7 Å². The molecular weight excluding hydrogens is 508 g/mol. The summed E-state index contributed by atoms with van der Waals surface area (Å²) in [5, 5.41) is 9.56. The third kappa shape index (κ3) is 6.89. The van der Waals surface area contributed by atoms with Crippen molar-refractivity contribution in [2.75, 3.05) is 25.2 Å². The van der Waals surface area contributed by atoms with Crippen molar-refractivity contribution in [1.29, 1.82) is 0 Å². The van der Waals surface area contributed by atoms with Crippen molar-refractivity contribution in [1.82, 2.24) is 25.5 Å². The Balaban J connectivity index is 1.12. The second-order valence-electron chi connectivity index (χ2n) is 9.64. The highest BCUT2D eigenvalue weighted by atomic mass is 16.5. The van der Waals surface area contributed by atoms with Crippen molar-refractivity contribution in [3.63, 3.8) is 0 Å². The number of nitrogens with zero attached hydrogens (tertiary/aromatic N) is 4.